The van der Waals surface area contributed by atoms with Crippen molar-refractivity contribution >= 4 is 8.07 Å². The standard InChI is InChI=1S/C50H60Si/c1-46(2)24-26-48(5,6)43-31-39-37(29-41(43)46)38-30-42-44(49(7,8)27-25-47(42,3)4)32-40(38)45(39)50(33-18-14-12-15-19-33,34-20-16-13-17-21-34)35-22-23-36(28-35)51(9,10)11/h12-21,23,28-32,45H,22,24-27H2,1-11H3. The van der Waals surface area contributed by atoms with Crippen molar-refractivity contribution in [2.75, 3.05) is 0 Å². The molecule has 0 unspecified atom stereocenters. The highest BCUT2D eigenvalue weighted by Crippen LogP contribution is 2.64. The summed E-state index contributed by atoms with van der Waals surface area (Å²) in [7, 11) is -1.55. The molecule has 264 valence electrons. The molecule has 0 bridgehead atoms. The molecule has 0 spiro atoms. The summed E-state index contributed by atoms with van der Waals surface area (Å²) < 4.78 is 0. The highest BCUT2D eigenvalue weighted by Gasteiger charge is 2.53. The molecule has 0 aromatic heterocycles. The molecular formula is C50H60Si. The zero-order valence-corrected chi connectivity index (χ0v) is 34.4. The summed E-state index contributed by atoms with van der Waals surface area (Å²) in [5, 5.41) is 1.59. The SMILES string of the molecule is CC1(C)CCC(C)(C)c2cc3c(cc21)-c1cc2c(cc1C3C(C1=CC([Si](C)(C)C)=CC1)(c1ccccc1)c1ccccc1)C(C)(C)CCC2(C)C. The van der Waals surface area contributed by atoms with Crippen LogP contribution in [0.25, 0.3) is 11.1 Å². The molecular weight excluding hydrogens is 629 g/mol. The molecule has 4 aliphatic rings. The van der Waals surface area contributed by atoms with Crippen molar-refractivity contribution < 1.29 is 0 Å². The van der Waals surface area contributed by atoms with E-state index in [1.165, 1.54) is 59.1 Å². The number of allylic oxidation sites excluding steroid dienone is 4. The van der Waals surface area contributed by atoms with Crippen LogP contribution in [0.3, 0.4) is 0 Å². The van der Waals surface area contributed by atoms with Gasteiger partial charge in [0.05, 0.1) is 13.5 Å². The Morgan fingerprint density at radius 2 is 0.902 bits per heavy atom. The molecule has 0 saturated carbocycles. The fraction of sp³-hybridized carbons (Fsp3) is 0.440. The van der Waals surface area contributed by atoms with Gasteiger partial charge in [0.25, 0.3) is 0 Å². The normalized spacial score (nSPS) is 21.2. The number of hydrogen-bond acceptors (Lipinski definition) is 0. The molecule has 4 aromatic rings. The number of benzene rings is 4. The molecule has 0 amide bonds. The molecule has 0 aliphatic heterocycles. The van der Waals surface area contributed by atoms with Crippen LogP contribution in [0.1, 0.15) is 138 Å². The van der Waals surface area contributed by atoms with Crippen LogP contribution in [0.4, 0.5) is 0 Å². The second-order valence-electron chi connectivity index (χ2n) is 20.3. The van der Waals surface area contributed by atoms with Gasteiger partial charge in [0, 0.05) is 5.92 Å². The smallest absolute Gasteiger partial charge is 0.0771 e. The molecule has 51 heavy (non-hydrogen) atoms. The van der Waals surface area contributed by atoms with Gasteiger partial charge in [-0.15, -0.1) is 0 Å². The first-order chi connectivity index (χ1) is 23.9. The van der Waals surface area contributed by atoms with Gasteiger partial charge >= 0.3 is 0 Å². The van der Waals surface area contributed by atoms with E-state index in [0.29, 0.717) is 0 Å². The number of fused-ring (bicyclic) bond motifs is 5. The largest absolute Gasteiger partial charge is 0.0812 e. The summed E-state index contributed by atoms with van der Waals surface area (Å²) in [6, 6.07) is 34.1. The Bertz CT molecular complexity index is 1970. The van der Waals surface area contributed by atoms with E-state index in [0.717, 1.165) is 6.42 Å². The van der Waals surface area contributed by atoms with Gasteiger partial charge in [-0.3, -0.25) is 0 Å². The van der Waals surface area contributed by atoms with E-state index < -0.39 is 8.07 Å². The number of rotatable bonds is 5. The summed E-state index contributed by atoms with van der Waals surface area (Å²) in [4.78, 5) is 0. The van der Waals surface area contributed by atoms with Crippen LogP contribution in [0.5, 0.6) is 0 Å². The molecule has 8 rings (SSSR count). The minimum atomic E-state index is -1.55. The molecule has 0 nitrogen and oxygen atoms in total. The van der Waals surface area contributed by atoms with Crippen LogP contribution in [-0.2, 0) is 27.1 Å². The molecule has 0 radical (unpaired) electrons. The van der Waals surface area contributed by atoms with Crippen molar-refractivity contribution in [1.29, 1.82) is 0 Å². The maximum Gasteiger partial charge on any atom is 0.0771 e. The van der Waals surface area contributed by atoms with Gasteiger partial charge in [-0.2, -0.15) is 0 Å². The lowest BCUT2D eigenvalue weighted by Gasteiger charge is -2.46. The van der Waals surface area contributed by atoms with E-state index in [9.17, 15) is 0 Å². The van der Waals surface area contributed by atoms with Crippen molar-refractivity contribution in [1.82, 2.24) is 0 Å². The second-order valence-corrected chi connectivity index (χ2v) is 25.3. The molecule has 4 aromatic carbocycles. The van der Waals surface area contributed by atoms with Gasteiger partial charge in [-0.25, -0.2) is 0 Å². The first kappa shape index (κ1) is 34.7. The maximum atomic E-state index is 2.73. The van der Waals surface area contributed by atoms with E-state index in [2.05, 4.69) is 172 Å². The lowest BCUT2D eigenvalue weighted by molar-refractivity contribution is 0.331. The van der Waals surface area contributed by atoms with Gasteiger partial charge in [-0.1, -0.05) is 183 Å². The molecule has 0 saturated heterocycles. The van der Waals surface area contributed by atoms with Crippen molar-refractivity contribution in [3.63, 3.8) is 0 Å². The van der Waals surface area contributed by atoms with Gasteiger partial charge < -0.3 is 0 Å². The molecule has 0 fully saturated rings. The first-order valence-electron chi connectivity index (χ1n) is 19.8. The van der Waals surface area contributed by atoms with E-state index in [1.807, 2.05) is 0 Å². The monoisotopic (exact) mass is 688 g/mol. The van der Waals surface area contributed by atoms with Crippen LogP contribution in [0, 0.1) is 0 Å². The summed E-state index contributed by atoms with van der Waals surface area (Å²) in [5.41, 5.74) is 16.8. The van der Waals surface area contributed by atoms with Gasteiger partial charge in [-0.05, 0) is 109 Å². The molecule has 4 aliphatic carbocycles. The average molecular weight is 689 g/mol. The second kappa shape index (κ2) is 11.3. The first-order valence-corrected chi connectivity index (χ1v) is 23.3. The minimum absolute atomic E-state index is 0.129. The number of hydrogen-bond donors (Lipinski definition) is 0. The van der Waals surface area contributed by atoms with Crippen molar-refractivity contribution in [3.05, 3.63) is 152 Å². The van der Waals surface area contributed by atoms with Crippen LogP contribution in [-0.4, -0.2) is 8.07 Å². The topological polar surface area (TPSA) is 0 Å². The van der Waals surface area contributed by atoms with E-state index in [1.54, 1.807) is 33.0 Å². The average Bonchev–Trinajstić information content (AvgIpc) is 3.71. The van der Waals surface area contributed by atoms with Crippen LogP contribution >= 0.6 is 0 Å². The summed E-state index contributed by atoms with van der Waals surface area (Å²) >= 11 is 0. The van der Waals surface area contributed by atoms with E-state index in [-0.39, 0.29) is 33.0 Å². The van der Waals surface area contributed by atoms with Crippen molar-refractivity contribution in [2.24, 2.45) is 0 Å². The van der Waals surface area contributed by atoms with E-state index >= 15 is 0 Å². The predicted molar refractivity (Wildman–Crippen MR) is 222 cm³/mol. The summed E-state index contributed by atoms with van der Waals surface area (Å²) in [6.07, 6.45) is 11.1. The molecule has 0 atom stereocenters. The van der Waals surface area contributed by atoms with Gasteiger partial charge in [0.1, 0.15) is 0 Å². The Kier molecular flexibility index (Phi) is 7.67. The third-order valence-electron chi connectivity index (χ3n) is 14.1. The zero-order valence-electron chi connectivity index (χ0n) is 33.4. The highest BCUT2D eigenvalue weighted by atomic mass is 28.3. The minimum Gasteiger partial charge on any atom is -0.0812 e. The Morgan fingerprint density at radius 3 is 1.25 bits per heavy atom. The van der Waals surface area contributed by atoms with Crippen LogP contribution < -0.4 is 0 Å². The predicted octanol–water partition coefficient (Wildman–Crippen LogP) is 13.6. The lowest BCUT2D eigenvalue weighted by atomic mass is 9.57. The highest BCUT2D eigenvalue weighted by molar-refractivity contribution is 6.83. The van der Waals surface area contributed by atoms with Gasteiger partial charge in [0.15, 0.2) is 0 Å². The van der Waals surface area contributed by atoms with E-state index in [4.69, 9.17) is 0 Å². The zero-order chi connectivity index (χ0) is 36.4. The Morgan fingerprint density at radius 1 is 0.529 bits per heavy atom. The molecule has 0 N–H and O–H groups in total. The van der Waals surface area contributed by atoms with Gasteiger partial charge in [0.2, 0.25) is 0 Å². The Balaban J connectivity index is 1.55. The van der Waals surface area contributed by atoms with Crippen molar-refractivity contribution in [2.45, 2.75) is 140 Å². The third kappa shape index (κ3) is 5.19. The molecule has 1 heteroatoms. The van der Waals surface area contributed by atoms with Crippen molar-refractivity contribution in [3.8, 4) is 11.1 Å². The maximum absolute atomic E-state index is 2.73. The van der Waals surface area contributed by atoms with Crippen LogP contribution in [0.2, 0.25) is 19.6 Å². The summed E-state index contributed by atoms with van der Waals surface area (Å²) in [6.45, 7) is 27.5. The Hall–Kier alpha value is -3.42. The van der Waals surface area contributed by atoms with Crippen LogP contribution in [0.15, 0.2) is 108 Å². The Labute approximate surface area is 310 Å². The summed E-state index contributed by atoms with van der Waals surface area (Å²) in [5.74, 6) is 0.144. The molecule has 0 heterocycles. The quantitative estimate of drug-likeness (QED) is 0.183. The fourth-order valence-corrected chi connectivity index (χ4v) is 11.9. The lowest BCUT2D eigenvalue weighted by Crippen LogP contribution is -2.38. The fourth-order valence-electron chi connectivity index (χ4n) is 10.6. The third-order valence-corrected chi connectivity index (χ3v) is 16.2.